The molecule has 1 heterocycles. The summed E-state index contributed by atoms with van der Waals surface area (Å²) >= 11 is 1.94. The molecule has 0 bridgehead atoms. The van der Waals surface area contributed by atoms with E-state index >= 15 is 0 Å². The number of hydrogen-bond donors (Lipinski definition) is 0. The Bertz CT molecular complexity index is 989. The Balaban J connectivity index is 0.00000114. The van der Waals surface area contributed by atoms with Crippen LogP contribution in [0.4, 0.5) is 11.4 Å². The summed E-state index contributed by atoms with van der Waals surface area (Å²) in [5, 5.41) is 0. The van der Waals surface area contributed by atoms with Crippen LogP contribution in [-0.2, 0) is 13.1 Å². The van der Waals surface area contributed by atoms with Gasteiger partial charge >= 0.3 is 33.3 Å². The van der Waals surface area contributed by atoms with E-state index in [9.17, 15) is 0 Å². The Morgan fingerprint density at radius 1 is 0.719 bits per heavy atom. The van der Waals surface area contributed by atoms with Crippen LogP contribution in [0.1, 0.15) is 74.3 Å². The molecule has 0 fully saturated rings. The van der Waals surface area contributed by atoms with Crippen LogP contribution in [0.3, 0.4) is 0 Å². The van der Waals surface area contributed by atoms with Crippen molar-refractivity contribution in [2.45, 2.75) is 53.4 Å². The van der Waals surface area contributed by atoms with E-state index in [4.69, 9.17) is 30.2 Å². The molecule has 6 heteroatoms. The van der Waals surface area contributed by atoms with Crippen molar-refractivity contribution in [3.8, 4) is 0 Å². The van der Waals surface area contributed by atoms with Gasteiger partial charge in [0.05, 0.1) is 22.8 Å². The quantitative estimate of drug-likeness (QED) is 0.224. The molecular weight excluding hydrogens is 499 g/mol. The molecule has 0 aliphatic carbocycles. The van der Waals surface area contributed by atoms with Crippen LogP contribution in [0, 0.1) is 0 Å². The van der Waals surface area contributed by atoms with Crippen LogP contribution in [0.15, 0.2) is 70.6 Å². The molecule has 3 rings (SSSR count). The van der Waals surface area contributed by atoms with E-state index in [1.54, 1.807) is 11.3 Å². The van der Waals surface area contributed by atoms with Gasteiger partial charge in [0.15, 0.2) is 0 Å². The Morgan fingerprint density at radius 3 is 1.44 bits per heavy atom. The van der Waals surface area contributed by atoms with Crippen LogP contribution in [0.2, 0.25) is 0 Å². The first-order chi connectivity index (χ1) is 15.2. The molecule has 2 aromatic carbocycles. The zero-order valence-corrected chi connectivity index (χ0v) is 22.8. The normalized spacial score (nSPS) is 12.3. The summed E-state index contributed by atoms with van der Waals surface area (Å²) in [7, 11) is 9.53. The fourth-order valence-corrected chi connectivity index (χ4v) is 4.03. The molecule has 0 spiro atoms. The Labute approximate surface area is 211 Å². The molecular formula is C26H30Cl2FeN2S. The van der Waals surface area contributed by atoms with E-state index in [-0.39, 0.29) is 13.1 Å². The molecule has 32 heavy (non-hydrogen) atoms. The third-order valence-corrected chi connectivity index (χ3v) is 6.29. The maximum absolute atomic E-state index is 4.85. The van der Waals surface area contributed by atoms with Crippen molar-refractivity contribution in [2.75, 3.05) is 0 Å². The molecule has 0 unspecified atom stereocenters. The average Bonchev–Trinajstić information content (AvgIpc) is 3.25. The third-order valence-electron chi connectivity index (χ3n) is 4.99. The monoisotopic (exact) mass is 528 g/mol. The fourth-order valence-electron chi connectivity index (χ4n) is 3.13. The molecule has 0 saturated heterocycles. The van der Waals surface area contributed by atoms with Crippen molar-refractivity contribution in [3.63, 3.8) is 0 Å². The summed E-state index contributed by atoms with van der Waals surface area (Å²) in [5.41, 5.74) is 6.74. The predicted octanol–water partition coefficient (Wildman–Crippen LogP) is 9.65. The molecule has 0 aliphatic rings. The molecule has 0 N–H and O–H groups in total. The van der Waals surface area contributed by atoms with Gasteiger partial charge in [-0.25, -0.2) is 0 Å². The second-order valence-corrected chi connectivity index (χ2v) is 11.0. The van der Waals surface area contributed by atoms with Gasteiger partial charge in [-0.2, -0.15) is 0 Å². The SMILES string of the molecule is CC(=Nc1cccc(C(C)C)c1)c1ccc(C(C)=Nc2cccc(C(C)C)c2)s1.[Cl][Fe][Cl]. The van der Waals surface area contributed by atoms with E-state index in [1.165, 1.54) is 20.9 Å². The van der Waals surface area contributed by atoms with E-state index in [0.29, 0.717) is 11.8 Å². The number of benzene rings is 2. The van der Waals surface area contributed by atoms with Crippen LogP contribution >= 0.6 is 31.5 Å². The van der Waals surface area contributed by atoms with Gasteiger partial charge in [0.1, 0.15) is 0 Å². The molecule has 172 valence electrons. The van der Waals surface area contributed by atoms with Crippen LogP contribution in [0.25, 0.3) is 0 Å². The van der Waals surface area contributed by atoms with Crippen molar-refractivity contribution < 1.29 is 13.1 Å². The number of nitrogens with zero attached hydrogens (tertiary/aromatic N) is 2. The first kappa shape index (κ1) is 26.8. The Kier molecular flexibility index (Phi) is 11.2. The van der Waals surface area contributed by atoms with E-state index in [0.717, 1.165) is 22.8 Å². The fraction of sp³-hybridized carbons (Fsp3) is 0.308. The number of hydrogen-bond acceptors (Lipinski definition) is 3. The standard InChI is InChI=1S/C26H30N2S.2ClH.Fe/c1-17(2)21-9-7-11-23(15-21)27-19(5)25-13-14-26(29-25)20(6)28-24-12-8-10-22(16-24)18(3)4;;;/h7-18H,1-6H3;2*1H;/q;;;+2/p-2. The Morgan fingerprint density at radius 2 is 1.09 bits per heavy atom. The maximum atomic E-state index is 4.85. The molecule has 0 saturated carbocycles. The minimum absolute atomic E-state index is 0.194. The van der Waals surface area contributed by atoms with Crippen LogP contribution in [-0.4, -0.2) is 11.4 Å². The molecule has 2 nitrogen and oxygen atoms in total. The first-order valence-corrected chi connectivity index (χ1v) is 14.4. The van der Waals surface area contributed by atoms with Gasteiger partial charge in [-0.15, -0.1) is 11.3 Å². The summed E-state index contributed by atoms with van der Waals surface area (Å²) in [5.74, 6) is 1.01. The van der Waals surface area contributed by atoms with Gasteiger partial charge < -0.3 is 0 Å². The van der Waals surface area contributed by atoms with Crippen LogP contribution in [0.5, 0.6) is 0 Å². The van der Waals surface area contributed by atoms with E-state index in [1.807, 2.05) is 0 Å². The second-order valence-electron chi connectivity index (χ2n) is 8.11. The summed E-state index contributed by atoms with van der Waals surface area (Å²) < 4.78 is 0. The second kappa shape index (κ2) is 13.3. The molecule has 0 amide bonds. The van der Waals surface area contributed by atoms with Crippen molar-refractivity contribution in [3.05, 3.63) is 81.5 Å². The molecule has 0 aliphatic heterocycles. The average molecular weight is 529 g/mol. The summed E-state index contributed by atoms with van der Waals surface area (Å²) in [4.78, 5) is 12.1. The topological polar surface area (TPSA) is 24.7 Å². The van der Waals surface area contributed by atoms with Gasteiger partial charge in [0.2, 0.25) is 0 Å². The minimum atomic E-state index is 0.194. The van der Waals surface area contributed by atoms with Crippen molar-refractivity contribution in [1.29, 1.82) is 0 Å². The molecule has 3 aromatic rings. The van der Waals surface area contributed by atoms with Gasteiger partial charge in [-0.1, -0.05) is 52.0 Å². The Hall–Kier alpha value is -1.42. The summed E-state index contributed by atoms with van der Waals surface area (Å²) in [6.45, 7) is 13.0. The number of thiophene rings is 1. The zero-order chi connectivity index (χ0) is 23.7. The van der Waals surface area contributed by atoms with Crippen molar-refractivity contribution in [1.82, 2.24) is 0 Å². The molecule has 0 radical (unpaired) electrons. The predicted molar refractivity (Wildman–Crippen MR) is 141 cm³/mol. The van der Waals surface area contributed by atoms with Crippen LogP contribution < -0.4 is 0 Å². The van der Waals surface area contributed by atoms with Gasteiger partial charge in [0, 0.05) is 9.75 Å². The van der Waals surface area contributed by atoms with E-state index in [2.05, 4.69) is 102 Å². The summed E-state index contributed by atoms with van der Waals surface area (Å²) in [6.07, 6.45) is 0. The number of halogens is 2. The molecule has 0 atom stereocenters. The van der Waals surface area contributed by atoms with Crippen molar-refractivity contribution >= 4 is 54.3 Å². The van der Waals surface area contributed by atoms with Gasteiger partial charge in [-0.05, 0) is 73.2 Å². The van der Waals surface area contributed by atoms with E-state index < -0.39 is 0 Å². The first-order valence-electron chi connectivity index (χ1n) is 10.5. The third kappa shape index (κ3) is 8.17. The van der Waals surface area contributed by atoms with Crippen molar-refractivity contribution in [2.24, 2.45) is 9.98 Å². The molecule has 1 aromatic heterocycles. The van der Waals surface area contributed by atoms with Gasteiger partial charge in [-0.3, -0.25) is 9.98 Å². The zero-order valence-electron chi connectivity index (χ0n) is 19.3. The van der Waals surface area contributed by atoms with Gasteiger partial charge in [0.25, 0.3) is 0 Å². The number of aliphatic imine (C=N–C) groups is 2. The summed E-state index contributed by atoms with van der Waals surface area (Å²) in [6, 6.07) is 21.3. The number of rotatable bonds is 6.